The molecule has 0 amide bonds. The Bertz CT molecular complexity index is 564. The Labute approximate surface area is 99.0 Å². The van der Waals surface area contributed by atoms with Gasteiger partial charge in [0.2, 0.25) is 5.78 Å². The van der Waals surface area contributed by atoms with E-state index in [2.05, 4.69) is 0 Å². The van der Waals surface area contributed by atoms with Gasteiger partial charge in [-0.15, -0.1) is 0 Å². The highest BCUT2D eigenvalue weighted by Gasteiger charge is 2.05. The Balaban J connectivity index is 2.13. The van der Waals surface area contributed by atoms with Crippen LogP contribution >= 0.6 is 0 Å². The molecule has 3 nitrogen and oxygen atoms in total. The Kier molecular flexibility index (Phi) is 3.10. The quantitative estimate of drug-likeness (QED) is 0.648. The van der Waals surface area contributed by atoms with Crippen molar-refractivity contribution in [1.29, 1.82) is 0 Å². The molecule has 1 N–H and O–H groups in total. The van der Waals surface area contributed by atoms with Crippen LogP contribution in [-0.4, -0.2) is 10.9 Å². The van der Waals surface area contributed by atoms with Crippen molar-refractivity contribution in [2.24, 2.45) is 0 Å². The van der Waals surface area contributed by atoms with Crippen molar-refractivity contribution in [2.45, 2.75) is 6.92 Å². The van der Waals surface area contributed by atoms with E-state index in [-0.39, 0.29) is 11.5 Å². The molecule has 1 aromatic heterocycles. The zero-order chi connectivity index (χ0) is 12.3. The van der Waals surface area contributed by atoms with Crippen LogP contribution in [0.4, 0.5) is 0 Å². The van der Waals surface area contributed by atoms with Gasteiger partial charge in [-0.25, -0.2) is 0 Å². The zero-order valence-corrected chi connectivity index (χ0v) is 9.38. The minimum atomic E-state index is -0.193. The van der Waals surface area contributed by atoms with Crippen LogP contribution in [0.3, 0.4) is 0 Å². The van der Waals surface area contributed by atoms with E-state index in [9.17, 15) is 9.90 Å². The van der Waals surface area contributed by atoms with E-state index in [0.29, 0.717) is 11.5 Å². The highest BCUT2D eigenvalue weighted by atomic mass is 16.3. The first kappa shape index (κ1) is 11.2. The molecular formula is C14H12O3. The predicted molar refractivity (Wildman–Crippen MR) is 64.9 cm³/mol. The molecule has 3 heteroatoms. The second-order valence-electron chi connectivity index (χ2n) is 3.70. The molecule has 0 fully saturated rings. The van der Waals surface area contributed by atoms with Gasteiger partial charge in [0.25, 0.3) is 0 Å². The fourth-order valence-electron chi connectivity index (χ4n) is 1.45. The molecule has 0 radical (unpaired) electrons. The molecule has 0 saturated heterocycles. The molecule has 86 valence electrons. The predicted octanol–water partition coefficient (Wildman–Crippen LogP) is 3.19. The number of allylic oxidation sites excluding steroid dienone is 1. The fourth-order valence-corrected chi connectivity index (χ4v) is 1.45. The van der Waals surface area contributed by atoms with Gasteiger partial charge in [0, 0.05) is 0 Å². The highest BCUT2D eigenvalue weighted by Crippen LogP contribution is 2.13. The van der Waals surface area contributed by atoms with Crippen LogP contribution in [0.5, 0.6) is 5.75 Å². The Morgan fingerprint density at radius 2 is 2.12 bits per heavy atom. The Hall–Kier alpha value is -2.29. The van der Waals surface area contributed by atoms with Crippen LogP contribution in [0.25, 0.3) is 6.08 Å². The van der Waals surface area contributed by atoms with Crippen molar-refractivity contribution >= 4 is 11.9 Å². The minimum absolute atomic E-state index is 0.174. The summed E-state index contributed by atoms with van der Waals surface area (Å²) in [4.78, 5) is 11.7. The maximum absolute atomic E-state index is 11.7. The van der Waals surface area contributed by atoms with E-state index in [4.69, 9.17) is 4.42 Å². The molecule has 0 spiro atoms. The summed E-state index contributed by atoms with van der Waals surface area (Å²) in [6.45, 7) is 1.79. The molecule has 0 aliphatic rings. The third-order valence-electron chi connectivity index (χ3n) is 2.28. The van der Waals surface area contributed by atoms with Gasteiger partial charge in [0.1, 0.15) is 11.5 Å². The van der Waals surface area contributed by atoms with Crippen LogP contribution in [0, 0.1) is 6.92 Å². The smallest absolute Gasteiger partial charge is 0.221 e. The number of ketones is 1. The molecule has 0 aliphatic heterocycles. The Morgan fingerprint density at radius 1 is 1.29 bits per heavy atom. The molecule has 0 unspecified atom stereocenters. The van der Waals surface area contributed by atoms with Gasteiger partial charge in [-0.2, -0.15) is 0 Å². The van der Waals surface area contributed by atoms with E-state index < -0.39 is 0 Å². The molecule has 0 atom stereocenters. The first-order chi connectivity index (χ1) is 8.15. The van der Waals surface area contributed by atoms with Gasteiger partial charge in [-0.05, 0) is 42.8 Å². The molecular weight excluding hydrogens is 216 g/mol. The van der Waals surface area contributed by atoms with Crippen molar-refractivity contribution < 1.29 is 14.3 Å². The molecule has 0 saturated carbocycles. The van der Waals surface area contributed by atoms with Gasteiger partial charge in [-0.3, -0.25) is 4.79 Å². The summed E-state index contributed by atoms with van der Waals surface area (Å²) in [6.07, 6.45) is 3.06. The number of hydrogen-bond acceptors (Lipinski definition) is 3. The summed E-state index contributed by atoms with van der Waals surface area (Å²) in [6, 6.07) is 10.1. The number of aromatic hydroxyl groups is 1. The lowest BCUT2D eigenvalue weighted by Gasteiger charge is -1.94. The lowest BCUT2D eigenvalue weighted by Crippen LogP contribution is -1.90. The SMILES string of the molecule is Cc1ccc(C(=O)C=Cc2cccc(O)c2)o1. The number of carbonyl (C=O) groups excluding carboxylic acids is 1. The largest absolute Gasteiger partial charge is 0.508 e. The number of hydrogen-bond donors (Lipinski definition) is 1. The van der Waals surface area contributed by atoms with Crippen LogP contribution in [0.1, 0.15) is 21.9 Å². The van der Waals surface area contributed by atoms with Crippen LogP contribution in [-0.2, 0) is 0 Å². The molecule has 2 rings (SSSR count). The highest BCUT2D eigenvalue weighted by molar-refractivity contribution is 6.04. The van der Waals surface area contributed by atoms with Gasteiger partial charge < -0.3 is 9.52 Å². The topological polar surface area (TPSA) is 50.4 Å². The summed E-state index contributed by atoms with van der Waals surface area (Å²) in [7, 11) is 0. The van der Waals surface area contributed by atoms with Gasteiger partial charge in [-0.1, -0.05) is 18.2 Å². The average Bonchev–Trinajstić information content (AvgIpc) is 2.73. The zero-order valence-electron chi connectivity index (χ0n) is 9.38. The second-order valence-corrected chi connectivity index (χ2v) is 3.70. The summed E-state index contributed by atoms with van der Waals surface area (Å²) in [5, 5.41) is 9.26. The second kappa shape index (κ2) is 4.70. The molecule has 0 aliphatic carbocycles. The van der Waals surface area contributed by atoms with Crippen molar-refractivity contribution in [3.8, 4) is 5.75 Å². The van der Waals surface area contributed by atoms with Crippen molar-refractivity contribution in [3.63, 3.8) is 0 Å². The molecule has 17 heavy (non-hydrogen) atoms. The summed E-state index contributed by atoms with van der Waals surface area (Å²) in [5.74, 6) is 1.01. The maximum Gasteiger partial charge on any atom is 0.221 e. The molecule has 1 heterocycles. The molecule has 1 aromatic carbocycles. The average molecular weight is 228 g/mol. The first-order valence-corrected chi connectivity index (χ1v) is 5.23. The van der Waals surface area contributed by atoms with Gasteiger partial charge in [0.05, 0.1) is 0 Å². The summed E-state index contributed by atoms with van der Waals surface area (Å²) >= 11 is 0. The standard InChI is InChI=1S/C14H12O3/c1-10-5-8-14(17-10)13(16)7-6-11-3-2-4-12(15)9-11/h2-9,15H,1H3. The van der Waals surface area contributed by atoms with Crippen LogP contribution in [0.2, 0.25) is 0 Å². The number of phenolic OH excluding ortho intramolecular Hbond substituents is 1. The van der Waals surface area contributed by atoms with E-state index in [1.165, 1.54) is 6.08 Å². The lowest BCUT2D eigenvalue weighted by molar-refractivity contribution is 0.102. The van der Waals surface area contributed by atoms with Crippen molar-refractivity contribution in [2.75, 3.05) is 0 Å². The Morgan fingerprint density at radius 3 is 2.76 bits per heavy atom. The summed E-state index contributed by atoms with van der Waals surface area (Å²) < 4.78 is 5.21. The van der Waals surface area contributed by atoms with E-state index in [1.54, 1.807) is 49.4 Å². The van der Waals surface area contributed by atoms with Crippen LogP contribution < -0.4 is 0 Å². The first-order valence-electron chi connectivity index (χ1n) is 5.23. The fraction of sp³-hybridized carbons (Fsp3) is 0.0714. The number of benzene rings is 1. The number of carbonyl (C=O) groups is 1. The van der Waals surface area contributed by atoms with Gasteiger partial charge in [0.15, 0.2) is 5.76 Å². The molecule has 2 aromatic rings. The number of phenols is 1. The van der Waals surface area contributed by atoms with E-state index in [1.807, 2.05) is 0 Å². The normalized spacial score (nSPS) is 10.9. The van der Waals surface area contributed by atoms with Crippen LogP contribution in [0.15, 0.2) is 46.9 Å². The third-order valence-corrected chi connectivity index (χ3v) is 2.28. The van der Waals surface area contributed by atoms with E-state index >= 15 is 0 Å². The van der Waals surface area contributed by atoms with Crippen molar-refractivity contribution in [3.05, 3.63) is 59.6 Å². The lowest BCUT2D eigenvalue weighted by atomic mass is 10.2. The monoisotopic (exact) mass is 228 g/mol. The number of furan rings is 1. The maximum atomic E-state index is 11.7. The number of aryl methyl sites for hydroxylation is 1. The van der Waals surface area contributed by atoms with Crippen molar-refractivity contribution in [1.82, 2.24) is 0 Å². The van der Waals surface area contributed by atoms with E-state index in [0.717, 1.165) is 5.56 Å². The third kappa shape index (κ3) is 2.84. The summed E-state index contributed by atoms with van der Waals surface area (Å²) in [5.41, 5.74) is 0.765. The number of rotatable bonds is 3. The molecule has 0 bridgehead atoms. The van der Waals surface area contributed by atoms with Gasteiger partial charge >= 0.3 is 0 Å². The minimum Gasteiger partial charge on any atom is -0.508 e.